The minimum Gasteiger partial charge on any atom is -0.507 e. The Hall–Kier alpha value is -4.35. The second-order valence-corrected chi connectivity index (χ2v) is 12.3. The molecule has 0 spiro atoms. The molecule has 1 fully saturated rings. The number of ether oxygens (including phenoxy) is 3. The van der Waals surface area contributed by atoms with Gasteiger partial charge in [0.2, 0.25) is 5.13 Å². The minimum absolute atomic E-state index is 0.0571. The van der Waals surface area contributed by atoms with Crippen LogP contribution in [-0.4, -0.2) is 46.8 Å². The van der Waals surface area contributed by atoms with Crippen molar-refractivity contribution in [1.82, 2.24) is 10.2 Å². The van der Waals surface area contributed by atoms with Gasteiger partial charge in [-0.25, -0.2) is 0 Å². The van der Waals surface area contributed by atoms with Crippen LogP contribution in [0.2, 0.25) is 0 Å². The molecule has 43 heavy (non-hydrogen) atoms. The summed E-state index contributed by atoms with van der Waals surface area (Å²) in [6, 6.07) is 19.4. The number of carbonyl (C=O) groups excluding carboxylic acids is 2. The standard InChI is InChI=1S/C32H29N3O6S2/c1-3-13-39-23-6-4-5-21(16-23)27-26(28(36)22-11-12-24-25(17-22)41-15-14-40-24)29(37)30(38)35(27)31-33-34-32(43-31)42-18-20-9-7-19(2)8-10-20/h4-12,16-17,27,36H,3,13-15,18H2,1-2H3. The number of benzene rings is 3. The fourth-order valence-electron chi connectivity index (χ4n) is 4.87. The Bertz CT molecular complexity index is 1700. The van der Waals surface area contributed by atoms with Crippen molar-refractivity contribution < 1.29 is 28.9 Å². The number of rotatable bonds is 9. The van der Waals surface area contributed by atoms with Crippen molar-refractivity contribution in [3.63, 3.8) is 0 Å². The van der Waals surface area contributed by atoms with Gasteiger partial charge in [0.05, 0.1) is 18.2 Å². The first-order valence-corrected chi connectivity index (χ1v) is 15.7. The Labute approximate surface area is 257 Å². The number of nitrogens with zero attached hydrogens (tertiary/aromatic N) is 3. The Balaban J connectivity index is 1.39. The lowest BCUT2D eigenvalue weighted by molar-refractivity contribution is -0.132. The summed E-state index contributed by atoms with van der Waals surface area (Å²) in [4.78, 5) is 28.6. The molecule has 220 valence electrons. The number of Topliss-reactive ketones (excluding diaryl/α,β-unsaturated/α-hetero) is 1. The predicted octanol–water partition coefficient (Wildman–Crippen LogP) is 6.33. The van der Waals surface area contributed by atoms with Crippen molar-refractivity contribution in [3.05, 3.63) is 94.6 Å². The lowest BCUT2D eigenvalue weighted by Crippen LogP contribution is -2.29. The van der Waals surface area contributed by atoms with Gasteiger partial charge in [-0.15, -0.1) is 10.2 Å². The molecule has 11 heteroatoms. The molecule has 6 rings (SSSR count). The second kappa shape index (κ2) is 12.5. The quantitative estimate of drug-likeness (QED) is 0.0760. The molecule has 2 aliphatic rings. The molecule has 3 heterocycles. The number of carbonyl (C=O) groups is 2. The molecule has 1 N–H and O–H groups in total. The normalized spacial score (nSPS) is 17.3. The molecule has 1 atom stereocenters. The second-order valence-electron chi connectivity index (χ2n) is 10.1. The van der Waals surface area contributed by atoms with Gasteiger partial charge in [-0.1, -0.05) is 72.0 Å². The van der Waals surface area contributed by atoms with E-state index in [4.69, 9.17) is 14.2 Å². The van der Waals surface area contributed by atoms with Crippen LogP contribution in [0.1, 0.15) is 41.6 Å². The van der Waals surface area contributed by atoms with Gasteiger partial charge in [0.25, 0.3) is 5.78 Å². The third-order valence-corrected chi connectivity index (χ3v) is 9.12. The Kier molecular flexibility index (Phi) is 8.35. The number of fused-ring (bicyclic) bond motifs is 1. The molecule has 1 amide bonds. The SMILES string of the molecule is CCCOc1cccc(C2C(=C(O)c3ccc4c(c3)OCCO4)C(=O)C(=O)N2c2nnc(SCc3ccc(C)cc3)s2)c1. The zero-order valence-electron chi connectivity index (χ0n) is 23.6. The van der Waals surface area contributed by atoms with Crippen LogP contribution >= 0.6 is 23.1 Å². The number of aryl methyl sites for hydroxylation is 1. The van der Waals surface area contributed by atoms with Crippen molar-refractivity contribution >= 4 is 45.7 Å². The molecule has 1 saturated heterocycles. The van der Waals surface area contributed by atoms with Crippen molar-refractivity contribution in [3.8, 4) is 17.2 Å². The highest BCUT2D eigenvalue weighted by Crippen LogP contribution is 2.45. The van der Waals surface area contributed by atoms with Gasteiger partial charge in [-0.05, 0) is 54.8 Å². The number of hydrogen-bond donors (Lipinski definition) is 1. The Morgan fingerprint density at radius 3 is 2.63 bits per heavy atom. The van der Waals surface area contributed by atoms with Gasteiger partial charge in [-0.2, -0.15) is 0 Å². The highest BCUT2D eigenvalue weighted by molar-refractivity contribution is 8.00. The summed E-state index contributed by atoms with van der Waals surface area (Å²) in [7, 11) is 0. The number of ketones is 1. The number of amides is 1. The van der Waals surface area contributed by atoms with Crippen LogP contribution < -0.4 is 19.1 Å². The number of thioether (sulfide) groups is 1. The number of hydrogen-bond acceptors (Lipinski definition) is 10. The molecular formula is C32H29N3O6S2. The fraction of sp³-hybridized carbons (Fsp3) is 0.250. The summed E-state index contributed by atoms with van der Waals surface area (Å²) < 4.78 is 17.8. The van der Waals surface area contributed by atoms with Crippen molar-refractivity contribution in [2.24, 2.45) is 0 Å². The molecule has 4 aromatic rings. The first kappa shape index (κ1) is 28.8. The molecule has 0 aliphatic carbocycles. The summed E-state index contributed by atoms with van der Waals surface area (Å²) in [6.45, 7) is 5.36. The number of aliphatic hydroxyl groups is 1. The maximum Gasteiger partial charge on any atom is 0.301 e. The van der Waals surface area contributed by atoms with Crippen LogP contribution in [0.3, 0.4) is 0 Å². The van der Waals surface area contributed by atoms with E-state index < -0.39 is 17.7 Å². The number of anilines is 1. The fourth-order valence-corrected chi connectivity index (χ4v) is 6.70. The van der Waals surface area contributed by atoms with E-state index in [-0.39, 0.29) is 16.5 Å². The van der Waals surface area contributed by atoms with E-state index >= 15 is 0 Å². The van der Waals surface area contributed by atoms with Crippen LogP contribution in [-0.2, 0) is 15.3 Å². The topological polar surface area (TPSA) is 111 Å². The van der Waals surface area contributed by atoms with Crippen LogP contribution in [0.15, 0.2) is 76.6 Å². The highest BCUT2D eigenvalue weighted by atomic mass is 32.2. The lowest BCUT2D eigenvalue weighted by Gasteiger charge is -2.23. The van der Waals surface area contributed by atoms with Crippen molar-refractivity contribution in [2.75, 3.05) is 24.7 Å². The zero-order chi connectivity index (χ0) is 29.9. The molecule has 0 radical (unpaired) electrons. The first-order valence-electron chi connectivity index (χ1n) is 13.9. The average Bonchev–Trinajstić information content (AvgIpc) is 3.61. The summed E-state index contributed by atoms with van der Waals surface area (Å²) in [5.74, 6) is 0.340. The zero-order valence-corrected chi connectivity index (χ0v) is 25.2. The summed E-state index contributed by atoms with van der Waals surface area (Å²) in [6.07, 6.45) is 0.820. The Morgan fingerprint density at radius 1 is 1.05 bits per heavy atom. The van der Waals surface area contributed by atoms with Crippen LogP contribution in [0.5, 0.6) is 17.2 Å². The third kappa shape index (κ3) is 5.95. The first-order chi connectivity index (χ1) is 20.9. The summed E-state index contributed by atoms with van der Waals surface area (Å²) >= 11 is 2.73. The maximum absolute atomic E-state index is 13.6. The van der Waals surface area contributed by atoms with E-state index in [1.165, 1.54) is 33.6 Å². The predicted molar refractivity (Wildman–Crippen MR) is 165 cm³/mol. The van der Waals surface area contributed by atoms with Crippen LogP contribution in [0, 0.1) is 6.92 Å². The van der Waals surface area contributed by atoms with Crippen molar-refractivity contribution in [2.45, 2.75) is 36.4 Å². The number of aliphatic hydroxyl groups excluding tert-OH is 1. The molecular weight excluding hydrogens is 587 g/mol. The lowest BCUT2D eigenvalue weighted by atomic mass is 9.95. The van der Waals surface area contributed by atoms with E-state index in [1.54, 1.807) is 36.4 Å². The van der Waals surface area contributed by atoms with E-state index in [2.05, 4.69) is 34.5 Å². The summed E-state index contributed by atoms with van der Waals surface area (Å²) in [5.41, 5.74) is 3.19. The van der Waals surface area contributed by atoms with Gasteiger partial charge >= 0.3 is 5.91 Å². The smallest absolute Gasteiger partial charge is 0.301 e. The largest absolute Gasteiger partial charge is 0.507 e. The maximum atomic E-state index is 13.6. The average molecular weight is 616 g/mol. The van der Waals surface area contributed by atoms with E-state index in [0.29, 0.717) is 58.3 Å². The molecule has 1 unspecified atom stereocenters. The van der Waals surface area contributed by atoms with Crippen LogP contribution in [0.25, 0.3) is 5.76 Å². The molecule has 3 aromatic carbocycles. The molecule has 1 aromatic heterocycles. The molecule has 2 aliphatic heterocycles. The molecule has 0 saturated carbocycles. The molecule has 9 nitrogen and oxygen atoms in total. The highest BCUT2D eigenvalue weighted by Gasteiger charge is 2.48. The van der Waals surface area contributed by atoms with Gasteiger partial charge in [-0.3, -0.25) is 14.5 Å². The minimum atomic E-state index is -0.957. The monoisotopic (exact) mass is 615 g/mol. The van der Waals surface area contributed by atoms with Crippen LogP contribution in [0.4, 0.5) is 5.13 Å². The Morgan fingerprint density at radius 2 is 1.84 bits per heavy atom. The third-order valence-electron chi connectivity index (χ3n) is 6.99. The number of aromatic nitrogens is 2. The molecule has 0 bridgehead atoms. The van der Waals surface area contributed by atoms with E-state index in [1.807, 2.05) is 19.9 Å². The van der Waals surface area contributed by atoms with E-state index in [0.717, 1.165) is 12.0 Å². The van der Waals surface area contributed by atoms with Gasteiger partial charge in [0.1, 0.15) is 24.7 Å². The van der Waals surface area contributed by atoms with Crippen molar-refractivity contribution in [1.29, 1.82) is 0 Å². The van der Waals surface area contributed by atoms with Gasteiger partial charge < -0.3 is 19.3 Å². The van der Waals surface area contributed by atoms with E-state index in [9.17, 15) is 14.7 Å². The van der Waals surface area contributed by atoms with Gasteiger partial charge in [0.15, 0.2) is 15.8 Å². The summed E-state index contributed by atoms with van der Waals surface area (Å²) in [5, 5.41) is 20.4. The van der Waals surface area contributed by atoms with Gasteiger partial charge in [0, 0.05) is 11.3 Å².